The number of benzene rings is 1. The summed E-state index contributed by atoms with van der Waals surface area (Å²) >= 11 is 1.44. The molecule has 2 N–H and O–H groups in total. The standard InChI is InChI=1S/C21H26N2O5S2/c1-2-10-30(27,28)23-8-7-15-5-6-18(11-17(15)14-23)22-20(24)12-16(13-21(25)26)19-4-3-9-29-19/h3-6,9,11,16H,2,7-8,10,12-14H2,1H3,(H,22,24)(H,25,26)/t16-/m0/s1. The lowest BCUT2D eigenvalue weighted by molar-refractivity contribution is -0.137. The maximum absolute atomic E-state index is 12.6. The number of thiophene rings is 1. The number of fused-ring (bicyclic) bond motifs is 1. The number of carbonyl (C=O) groups is 2. The average molecular weight is 451 g/mol. The van der Waals surface area contributed by atoms with Gasteiger partial charge in [0.2, 0.25) is 15.9 Å². The summed E-state index contributed by atoms with van der Waals surface area (Å²) in [5.41, 5.74) is 2.56. The number of rotatable bonds is 9. The van der Waals surface area contributed by atoms with Crippen molar-refractivity contribution < 1.29 is 23.1 Å². The van der Waals surface area contributed by atoms with Crippen LogP contribution in [0.15, 0.2) is 35.7 Å². The van der Waals surface area contributed by atoms with E-state index in [1.807, 2.05) is 42.6 Å². The molecule has 0 aliphatic carbocycles. The van der Waals surface area contributed by atoms with Gasteiger partial charge in [-0.1, -0.05) is 19.1 Å². The van der Waals surface area contributed by atoms with Crippen LogP contribution in [-0.2, 0) is 32.6 Å². The molecule has 0 saturated carbocycles. The summed E-state index contributed by atoms with van der Waals surface area (Å²) in [4.78, 5) is 24.6. The Hall–Kier alpha value is -2.23. The lowest BCUT2D eigenvalue weighted by Crippen LogP contribution is -2.37. The molecule has 2 heterocycles. The number of amides is 1. The van der Waals surface area contributed by atoms with E-state index in [-0.39, 0.29) is 30.4 Å². The first-order valence-electron chi connectivity index (χ1n) is 9.93. The third-order valence-corrected chi connectivity index (χ3v) is 8.18. The molecule has 1 aromatic heterocycles. The zero-order chi connectivity index (χ0) is 21.7. The Bertz CT molecular complexity index is 1000. The number of carboxylic acids is 1. The molecule has 30 heavy (non-hydrogen) atoms. The van der Waals surface area contributed by atoms with E-state index in [1.54, 1.807) is 0 Å². The van der Waals surface area contributed by atoms with Gasteiger partial charge in [0.1, 0.15) is 0 Å². The van der Waals surface area contributed by atoms with Crippen LogP contribution in [0.25, 0.3) is 0 Å². The number of anilines is 1. The maximum Gasteiger partial charge on any atom is 0.304 e. The fourth-order valence-corrected chi connectivity index (χ4v) is 5.99. The van der Waals surface area contributed by atoms with E-state index in [1.165, 1.54) is 15.6 Å². The lowest BCUT2D eigenvalue weighted by atomic mass is 9.98. The molecule has 0 fully saturated rings. The van der Waals surface area contributed by atoms with Crippen LogP contribution in [0.3, 0.4) is 0 Å². The molecule has 1 aliphatic rings. The molecule has 0 bridgehead atoms. The van der Waals surface area contributed by atoms with Crippen LogP contribution in [0.4, 0.5) is 5.69 Å². The van der Waals surface area contributed by atoms with E-state index in [4.69, 9.17) is 5.11 Å². The molecule has 1 aromatic carbocycles. The normalized spacial score (nSPS) is 15.4. The summed E-state index contributed by atoms with van der Waals surface area (Å²) in [7, 11) is -3.27. The van der Waals surface area contributed by atoms with Crippen molar-refractivity contribution in [2.75, 3.05) is 17.6 Å². The molecule has 1 atom stereocenters. The van der Waals surface area contributed by atoms with Crippen LogP contribution < -0.4 is 5.32 Å². The highest BCUT2D eigenvalue weighted by Gasteiger charge is 2.26. The summed E-state index contributed by atoms with van der Waals surface area (Å²) in [6, 6.07) is 9.23. The molecule has 0 saturated heterocycles. The summed E-state index contributed by atoms with van der Waals surface area (Å²) in [5, 5.41) is 13.9. The number of hydrogen-bond acceptors (Lipinski definition) is 5. The van der Waals surface area contributed by atoms with Gasteiger partial charge in [0.25, 0.3) is 0 Å². The Morgan fingerprint density at radius 3 is 2.70 bits per heavy atom. The molecule has 2 aromatic rings. The zero-order valence-corrected chi connectivity index (χ0v) is 18.5. The van der Waals surface area contributed by atoms with Crippen molar-refractivity contribution in [2.24, 2.45) is 0 Å². The van der Waals surface area contributed by atoms with Gasteiger partial charge < -0.3 is 10.4 Å². The molecule has 1 amide bonds. The number of sulfonamides is 1. The Morgan fingerprint density at radius 2 is 2.03 bits per heavy atom. The topological polar surface area (TPSA) is 104 Å². The maximum atomic E-state index is 12.6. The fourth-order valence-electron chi connectivity index (χ4n) is 3.68. The van der Waals surface area contributed by atoms with E-state index >= 15 is 0 Å². The number of hydrogen-bond donors (Lipinski definition) is 2. The summed E-state index contributed by atoms with van der Waals surface area (Å²) in [6.45, 7) is 2.62. The van der Waals surface area contributed by atoms with Crippen LogP contribution in [-0.4, -0.2) is 42.0 Å². The van der Waals surface area contributed by atoms with Gasteiger partial charge in [-0.15, -0.1) is 11.3 Å². The molecule has 0 unspecified atom stereocenters. The van der Waals surface area contributed by atoms with Gasteiger partial charge in [-0.25, -0.2) is 8.42 Å². The smallest absolute Gasteiger partial charge is 0.304 e. The molecular weight excluding hydrogens is 424 g/mol. The van der Waals surface area contributed by atoms with Gasteiger partial charge in [-0.2, -0.15) is 4.31 Å². The van der Waals surface area contributed by atoms with Crippen molar-refractivity contribution in [2.45, 2.75) is 45.1 Å². The average Bonchev–Trinajstić information content (AvgIpc) is 3.21. The first-order chi connectivity index (χ1) is 14.3. The largest absolute Gasteiger partial charge is 0.481 e. The minimum absolute atomic E-state index is 0.0703. The van der Waals surface area contributed by atoms with Crippen molar-refractivity contribution in [3.63, 3.8) is 0 Å². The minimum Gasteiger partial charge on any atom is -0.481 e. The molecule has 0 radical (unpaired) electrons. The van der Waals surface area contributed by atoms with E-state index in [0.717, 1.165) is 16.0 Å². The third-order valence-electron chi connectivity index (χ3n) is 5.12. The molecular formula is C21H26N2O5S2. The molecule has 162 valence electrons. The van der Waals surface area contributed by atoms with Crippen LogP contribution in [0.2, 0.25) is 0 Å². The third kappa shape index (κ3) is 5.68. The van der Waals surface area contributed by atoms with Gasteiger partial charge >= 0.3 is 5.97 Å². The van der Waals surface area contributed by atoms with Crippen molar-refractivity contribution in [3.8, 4) is 0 Å². The lowest BCUT2D eigenvalue weighted by Gasteiger charge is -2.28. The molecule has 0 spiro atoms. The van der Waals surface area contributed by atoms with Gasteiger partial charge in [0.15, 0.2) is 0 Å². The number of nitrogens with zero attached hydrogens (tertiary/aromatic N) is 1. The van der Waals surface area contributed by atoms with Crippen molar-refractivity contribution >= 4 is 38.9 Å². The monoisotopic (exact) mass is 450 g/mol. The summed E-state index contributed by atoms with van der Waals surface area (Å²) in [5.74, 6) is -1.45. The SMILES string of the molecule is CCCS(=O)(=O)N1CCc2ccc(NC(=O)C[C@@H](CC(=O)O)c3cccs3)cc2C1. The predicted octanol–water partition coefficient (Wildman–Crippen LogP) is 3.43. The van der Waals surface area contributed by atoms with Crippen LogP contribution >= 0.6 is 11.3 Å². The van der Waals surface area contributed by atoms with Crippen LogP contribution in [0, 0.1) is 0 Å². The quantitative estimate of drug-likeness (QED) is 0.609. The highest BCUT2D eigenvalue weighted by Crippen LogP contribution is 2.29. The number of nitrogens with one attached hydrogen (secondary N) is 1. The number of carbonyl (C=O) groups excluding carboxylic acids is 1. The summed E-state index contributed by atoms with van der Waals surface area (Å²) < 4.78 is 26.3. The second-order valence-corrected chi connectivity index (χ2v) is 10.5. The number of aliphatic carboxylic acids is 1. The van der Waals surface area contributed by atoms with E-state index in [2.05, 4.69) is 5.32 Å². The van der Waals surface area contributed by atoms with Crippen molar-refractivity contribution in [1.82, 2.24) is 4.31 Å². The van der Waals surface area contributed by atoms with E-state index in [0.29, 0.717) is 31.6 Å². The Labute approximate surface area is 180 Å². The van der Waals surface area contributed by atoms with E-state index < -0.39 is 16.0 Å². The Morgan fingerprint density at radius 1 is 1.23 bits per heavy atom. The summed E-state index contributed by atoms with van der Waals surface area (Å²) in [6.07, 6.45) is 1.18. The zero-order valence-electron chi connectivity index (χ0n) is 16.8. The van der Waals surface area contributed by atoms with Gasteiger partial charge in [-0.05, 0) is 47.5 Å². The minimum atomic E-state index is -3.27. The highest BCUT2D eigenvalue weighted by atomic mass is 32.2. The van der Waals surface area contributed by atoms with Gasteiger partial charge in [0.05, 0.1) is 12.2 Å². The number of carboxylic acid groups (broad SMARTS) is 1. The second-order valence-electron chi connectivity index (χ2n) is 7.45. The molecule has 1 aliphatic heterocycles. The Balaban J connectivity index is 1.69. The van der Waals surface area contributed by atoms with Crippen LogP contribution in [0.5, 0.6) is 0 Å². The van der Waals surface area contributed by atoms with Crippen molar-refractivity contribution in [3.05, 3.63) is 51.7 Å². The van der Waals surface area contributed by atoms with Crippen molar-refractivity contribution in [1.29, 1.82) is 0 Å². The first kappa shape index (κ1) is 22.5. The molecule has 3 rings (SSSR count). The fraction of sp³-hybridized carbons (Fsp3) is 0.429. The second kappa shape index (κ2) is 9.72. The Kier molecular flexibility index (Phi) is 7.27. The first-order valence-corrected chi connectivity index (χ1v) is 12.4. The molecule has 7 nitrogen and oxygen atoms in total. The molecule has 9 heteroatoms. The predicted molar refractivity (Wildman–Crippen MR) is 117 cm³/mol. The van der Waals surface area contributed by atoms with Crippen LogP contribution in [0.1, 0.15) is 48.1 Å². The van der Waals surface area contributed by atoms with Gasteiger partial charge in [-0.3, -0.25) is 9.59 Å². The highest BCUT2D eigenvalue weighted by molar-refractivity contribution is 7.89. The van der Waals surface area contributed by atoms with Gasteiger partial charge in [0, 0.05) is 36.0 Å². The van der Waals surface area contributed by atoms with E-state index in [9.17, 15) is 18.0 Å².